The van der Waals surface area contributed by atoms with Gasteiger partial charge in [-0.15, -0.1) is 0 Å². The first-order valence-corrected chi connectivity index (χ1v) is 10.5. The molecule has 4 nitrogen and oxygen atoms in total. The fourth-order valence-electron chi connectivity index (χ4n) is 3.75. The lowest BCUT2D eigenvalue weighted by molar-refractivity contribution is -0.140. The van der Waals surface area contributed by atoms with E-state index in [9.17, 15) is 18.4 Å². The number of nitrogens with zero attached hydrogens (tertiary/aromatic N) is 1. The monoisotopic (exact) mass is 430 g/mol. The third-order valence-electron chi connectivity index (χ3n) is 5.30. The molecule has 6 heteroatoms. The van der Waals surface area contributed by atoms with E-state index in [1.165, 1.54) is 0 Å². The number of amides is 2. The van der Waals surface area contributed by atoms with Gasteiger partial charge < -0.3 is 10.2 Å². The van der Waals surface area contributed by atoms with E-state index in [1.807, 2.05) is 27.7 Å². The smallest absolute Gasteiger partial charge is 0.243 e. The fraction of sp³-hybridized carbons (Fsp3) is 0.440. The number of carbonyl (C=O) groups excluding carboxylic acids is 2. The molecule has 1 saturated heterocycles. The van der Waals surface area contributed by atoms with Crippen molar-refractivity contribution >= 4 is 17.4 Å². The van der Waals surface area contributed by atoms with Gasteiger partial charge in [0.25, 0.3) is 0 Å². The third kappa shape index (κ3) is 6.36. The summed E-state index contributed by atoms with van der Waals surface area (Å²) in [6, 6.07) is 5.77. The molecule has 1 aliphatic heterocycles. The Morgan fingerprint density at radius 1 is 1.26 bits per heavy atom. The van der Waals surface area contributed by atoms with Crippen LogP contribution in [0.2, 0.25) is 0 Å². The van der Waals surface area contributed by atoms with E-state index in [-0.39, 0.29) is 28.8 Å². The van der Waals surface area contributed by atoms with Crippen molar-refractivity contribution in [2.24, 2.45) is 5.41 Å². The molecule has 0 aliphatic carbocycles. The van der Waals surface area contributed by atoms with Crippen molar-refractivity contribution < 1.29 is 18.4 Å². The summed E-state index contributed by atoms with van der Waals surface area (Å²) in [7, 11) is 0. The molecule has 2 unspecified atom stereocenters. The van der Waals surface area contributed by atoms with Gasteiger partial charge in [-0.3, -0.25) is 9.59 Å². The van der Waals surface area contributed by atoms with Crippen LogP contribution in [0.5, 0.6) is 0 Å². The van der Waals surface area contributed by atoms with Crippen molar-refractivity contribution in [2.45, 2.75) is 59.0 Å². The van der Waals surface area contributed by atoms with E-state index in [0.717, 1.165) is 18.1 Å². The van der Waals surface area contributed by atoms with Crippen LogP contribution in [-0.2, 0) is 9.59 Å². The Bertz CT molecular complexity index is 882. The van der Waals surface area contributed by atoms with Gasteiger partial charge in [-0.1, -0.05) is 58.2 Å². The second-order valence-corrected chi connectivity index (χ2v) is 9.17. The standard InChI is InChI=1S/C25H32F2N2O2/c1-7-20(27)23(16(2)26)19-12-10-18(11-13-19)17(3)28-24(31)21-9-8-14-29(21)22(30)15-25(4,5)6/h7,10-13,17,21H,1-2,8-9,14-15H2,3-6H3,(H,28,31)/b23-20-. The summed E-state index contributed by atoms with van der Waals surface area (Å²) in [4.78, 5) is 27.2. The predicted octanol–water partition coefficient (Wildman–Crippen LogP) is 5.64. The fourth-order valence-corrected chi connectivity index (χ4v) is 3.75. The number of benzene rings is 1. The molecule has 0 bridgehead atoms. The van der Waals surface area contributed by atoms with E-state index in [0.29, 0.717) is 24.9 Å². The summed E-state index contributed by atoms with van der Waals surface area (Å²) >= 11 is 0. The van der Waals surface area contributed by atoms with E-state index in [4.69, 9.17) is 0 Å². The van der Waals surface area contributed by atoms with Crippen molar-refractivity contribution in [1.82, 2.24) is 10.2 Å². The number of hydrogen-bond acceptors (Lipinski definition) is 2. The molecule has 1 heterocycles. The summed E-state index contributed by atoms with van der Waals surface area (Å²) in [5.41, 5.74) is 0.739. The van der Waals surface area contributed by atoms with Crippen LogP contribution in [0.4, 0.5) is 8.78 Å². The molecule has 0 radical (unpaired) electrons. The van der Waals surface area contributed by atoms with E-state index < -0.39 is 17.7 Å². The summed E-state index contributed by atoms with van der Waals surface area (Å²) < 4.78 is 27.6. The number of carbonyl (C=O) groups is 2. The van der Waals surface area contributed by atoms with Gasteiger partial charge in [0.15, 0.2) is 0 Å². The van der Waals surface area contributed by atoms with Gasteiger partial charge in [0.1, 0.15) is 17.7 Å². The topological polar surface area (TPSA) is 49.4 Å². The molecule has 0 aromatic heterocycles. The SMILES string of the molecule is C=C/C(F)=C(\C(=C)F)c1ccc(C(C)NC(=O)C2CCCN2C(=O)CC(C)(C)C)cc1. The maximum absolute atomic E-state index is 13.9. The van der Waals surface area contributed by atoms with Crippen LogP contribution < -0.4 is 5.32 Å². The Balaban J connectivity index is 2.10. The van der Waals surface area contributed by atoms with E-state index >= 15 is 0 Å². The van der Waals surface area contributed by atoms with Crippen molar-refractivity contribution in [1.29, 1.82) is 0 Å². The van der Waals surface area contributed by atoms with Crippen molar-refractivity contribution in [3.05, 3.63) is 66.3 Å². The Kier molecular flexibility index (Phi) is 7.93. The van der Waals surface area contributed by atoms with Crippen LogP contribution >= 0.6 is 0 Å². The molecule has 2 atom stereocenters. The molecule has 31 heavy (non-hydrogen) atoms. The molecule has 1 fully saturated rings. The maximum Gasteiger partial charge on any atom is 0.243 e. The minimum absolute atomic E-state index is 0.00262. The molecular weight excluding hydrogens is 398 g/mol. The zero-order chi connectivity index (χ0) is 23.3. The summed E-state index contributed by atoms with van der Waals surface area (Å²) in [5.74, 6) is -1.86. The highest BCUT2D eigenvalue weighted by molar-refractivity contribution is 5.88. The average Bonchev–Trinajstić information content (AvgIpc) is 3.17. The Morgan fingerprint density at radius 3 is 2.39 bits per heavy atom. The van der Waals surface area contributed by atoms with Crippen LogP contribution in [0.15, 0.2) is 55.2 Å². The van der Waals surface area contributed by atoms with Crippen LogP contribution in [0.3, 0.4) is 0 Å². The Morgan fingerprint density at radius 2 is 1.87 bits per heavy atom. The zero-order valence-corrected chi connectivity index (χ0v) is 18.8. The average molecular weight is 431 g/mol. The first-order valence-electron chi connectivity index (χ1n) is 10.5. The lowest BCUT2D eigenvalue weighted by Gasteiger charge is -2.28. The summed E-state index contributed by atoms with van der Waals surface area (Å²) in [6.07, 6.45) is 2.77. The molecule has 1 aromatic rings. The van der Waals surface area contributed by atoms with Crippen LogP contribution in [0, 0.1) is 5.41 Å². The molecule has 1 aliphatic rings. The Hall–Kier alpha value is -2.76. The summed E-state index contributed by atoms with van der Waals surface area (Å²) in [5, 5.41) is 2.96. The normalized spacial score (nSPS) is 18.3. The second-order valence-electron chi connectivity index (χ2n) is 9.17. The van der Waals surface area contributed by atoms with Crippen molar-refractivity contribution in [3.63, 3.8) is 0 Å². The van der Waals surface area contributed by atoms with E-state index in [1.54, 1.807) is 29.2 Å². The third-order valence-corrected chi connectivity index (χ3v) is 5.30. The van der Waals surface area contributed by atoms with Gasteiger partial charge in [-0.05, 0) is 42.4 Å². The number of hydrogen-bond donors (Lipinski definition) is 1. The minimum Gasteiger partial charge on any atom is -0.348 e. The van der Waals surface area contributed by atoms with Crippen molar-refractivity contribution in [3.8, 4) is 0 Å². The summed E-state index contributed by atoms with van der Waals surface area (Å²) in [6.45, 7) is 14.9. The van der Waals surface area contributed by atoms with Gasteiger partial charge in [-0.2, -0.15) is 0 Å². The zero-order valence-electron chi connectivity index (χ0n) is 18.8. The minimum atomic E-state index is -0.882. The highest BCUT2D eigenvalue weighted by Crippen LogP contribution is 2.29. The highest BCUT2D eigenvalue weighted by atomic mass is 19.1. The maximum atomic E-state index is 13.9. The van der Waals surface area contributed by atoms with Gasteiger partial charge in [0.05, 0.1) is 11.6 Å². The quantitative estimate of drug-likeness (QED) is 0.569. The lowest BCUT2D eigenvalue weighted by Crippen LogP contribution is -2.47. The molecule has 2 rings (SSSR count). The first-order chi connectivity index (χ1) is 14.4. The Labute approximate surface area is 183 Å². The molecule has 1 aromatic carbocycles. The largest absolute Gasteiger partial charge is 0.348 e. The van der Waals surface area contributed by atoms with Crippen LogP contribution in [0.25, 0.3) is 5.57 Å². The van der Waals surface area contributed by atoms with Gasteiger partial charge >= 0.3 is 0 Å². The molecular formula is C25H32F2N2O2. The highest BCUT2D eigenvalue weighted by Gasteiger charge is 2.35. The molecule has 2 amide bonds. The van der Waals surface area contributed by atoms with Crippen LogP contribution in [0.1, 0.15) is 64.1 Å². The van der Waals surface area contributed by atoms with Crippen LogP contribution in [-0.4, -0.2) is 29.3 Å². The first kappa shape index (κ1) is 24.5. The molecule has 0 saturated carbocycles. The number of likely N-dealkylation sites (tertiary alicyclic amines) is 1. The lowest BCUT2D eigenvalue weighted by atomic mass is 9.91. The second kappa shape index (κ2) is 10.0. The van der Waals surface area contributed by atoms with Crippen molar-refractivity contribution in [2.75, 3.05) is 6.54 Å². The molecule has 1 N–H and O–H groups in total. The molecule has 168 valence electrons. The van der Waals surface area contributed by atoms with Gasteiger partial charge in [0, 0.05) is 13.0 Å². The van der Waals surface area contributed by atoms with E-state index in [2.05, 4.69) is 18.5 Å². The van der Waals surface area contributed by atoms with Gasteiger partial charge in [0.2, 0.25) is 11.8 Å². The number of halogens is 2. The number of rotatable bonds is 7. The van der Waals surface area contributed by atoms with Gasteiger partial charge in [-0.25, -0.2) is 8.78 Å². The number of allylic oxidation sites excluding steroid dienone is 4. The molecule has 0 spiro atoms. The predicted molar refractivity (Wildman–Crippen MR) is 120 cm³/mol. The number of nitrogens with one attached hydrogen (secondary N) is 1.